The Hall–Kier alpha value is -0.600. The van der Waals surface area contributed by atoms with Gasteiger partial charge in [-0.2, -0.15) is 0 Å². The summed E-state index contributed by atoms with van der Waals surface area (Å²) in [7, 11) is 0. The molecule has 1 aromatic rings. The average Bonchev–Trinajstić information content (AvgIpc) is 2.73. The normalized spacial score (nSPS) is 27.2. The first-order valence-electron chi connectivity index (χ1n) is 3.79. The van der Waals surface area contributed by atoms with Crippen LogP contribution in [-0.2, 0) is 4.74 Å². The van der Waals surface area contributed by atoms with Gasteiger partial charge in [0.2, 0.25) is 0 Å². The molecule has 3 heteroatoms. The molecular formula is C9H8ClFO. The monoisotopic (exact) mass is 186 g/mol. The van der Waals surface area contributed by atoms with Crippen LogP contribution in [0.2, 0.25) is 5.02 Å². The Morgan fingerprint density at radius 2 is 2.17 bits per heavy atom. The van der Waals surface area contributed by atoms with Gasteiger partial charge in [0.05, 0.1) is 11.1 Å². The summed E-state index contributed by atoms with van der Waals surface area (Å²) < 4.78 is 17.9. The number of halogens is 2. The summed E-state index contributed by atoms with van der Waals surface area (Å²) >= 11 is 5.60. The molecule has 12 heavy (non-hydrogen) atoms. The number of benzene rings is 1. The number of hydrogen-bond donors (Lipinski definition) is 0. The van der Waals surface area contributed by atoms with Crippen molar-refractivity contribution >= 4 is 11.6 Å². The molecule has 1 saturated heterocycles. The number of hydrogen-bond acceptors (Lipinski definition) is 1. The van der Waals surface area contributed by atoms with E-state index >= 15 is 0 Å². The molecule has 0 N–H and O–H groups in total. The Kier molecular flexibility index (Phi) is 1.81. The summed E-state index contributed by atoms with van der Waals surface area (Å²) in [6.07, 6.45) is 0.356. The van der Waals surface area contributed by atoms with Crippen LogP contribution < -0.4 is 0 Å². The minimum absolute atomic E-state index is 0.114. The summed E-state index contributed by atoms with van der Waals surface area (Å²) in [6.45, 7) is 1.97. The molecule has 0 radical (unpaired) electrons. The number of ether oxygens (including phenoxy) is 1. The first kappa shape index (κ1) is 8.02. The van der Waals surface area contributed by atoms with Crippen LogP contribution in [0.5, 0.6) is 0 Å². The SMILES string of the molecule is CC1OC1c1ccc(F)c(Cl)c1. The van der Waals surface area contributed by atoms with E-state index in [1.54, 1.807) is 12.1 Å². The van der Waals surface area contributed by atoms with Gasteiger partial charge in [0.25, 0.3) is 0 Å². The first-order valence-corrected chi connectivity index (χ1v) is 4.16. The molecule has 2 atom stereocenters. The Labute approximate surface area is 75.1 Å². The first-order chi connectivity index (χ1) is 5.68. The van der Waals surface area contributed by atoms with Crippen molar-refractivity contribution < 1.29 is 9.13 Å². The van der Waals surface area contributed by atoms with Crippen molar-refractivity contribution in [1.29, 1.82) is 0 Å². The van der Waals surface area contributed by atoms with E-state index in [9.17, 15) is 4.39 Å². The van der Waals surface area contributed by atoms with E-state index < -0.39 is 0 Å². The Morgan fingerprint density at radius 1 is 1.50 bits per heavy atom. The van der Waals surface area contributed by atoms with E-state index in [0.29, 0.717) is 0 Å². The van der Waals surface area contributed by atoms with Crippen LogP contribution in [0.15, 0.2) is 18.2 Å². The van der Waals surface area contributed by atoms with Crippen molar-refractivity contribution in [1.82, 2.24) is 0 Å². The lowest BCUT2D eigenvalue weighted by Crippen LogP contribution is -1.85. The summed E-state index contributed by atoms with van der Waals surface area (Å²) in [6, 6.07) is 4.69. The van der Waals surface area contributed by atoms with Gasteiger partial charge in [-0.1, -0.05) is 17.7 Å². The minimum atomic E-state index is -0.381. The van der Waals surface area contributed by atoms with Crippen LogP contribution in [0.3, 0.4) is 0 Å². The lowest BCUT2D eigenvalue weighted by Gasteiger charge is -1.97. The molecule has 2 rings (SSSR count). The minimum Gasteiger partial charge on any atom is -0.365 e. The van der Waals surface area contributed by atoms with Gasteiger partial charge in [0, 0.05) is 0 Å². The maximum absolute atomic E-state index is 12.7. The molecule has 0 aliphatic carbocycles. The number of epoxide rings is 1. The highest BCUT2D eigenvalue weighted by Crippen LogP contribution is 2.39. The molecule has 1 nitrogen and oxygen atoms in total. The highest BCUT2D eigenvalue weighted by atomic mass is 35.5. The van der Waals surface area contributed by atoms with Crippen LogP contribution in [0.25, 0.3) is 0 Å². The van der Waals surface area contributed by atoms with E-state index in [1.807, 2.05) is 6.92 Å². The van der Waals surface area contributed by atoms with Crippen molar-refractivity contribution in [2.24, 2.45) is 0 Å². The lowest BCUT2D eigenvalue weighted by molar-refractivity contribution is 0.383. The smallest absolute Gasteiger partial charge is 0.141 e. The maximum atomic E-state index is 12.7. The molecule has 2 unspecified atom stereocenters. The summed E-state index contributed by atoms with van der Waals surface area (Å²) in [5.74, 6) is -0.381. The fourth-order valence-electron chi connectivity index (χ4n) is 1.22. The molecular weight excluding hydrogens is 179 g/mol. The molecule has 1 aliphatic rings. The van der Waals surface area contributed by atoms with Gasteiger partial charge in [-0.3, -0.25) is 0 Å². The van der Waals surface area contributed by atoms with Crippen molar-refractivity contribution in [3.8, 4) is 0 Å². The summed E-state index contributed by atoms with van der Waals surface area (Å²) in [5, 5.41) is 0.162. The lowest BCUT2D eigenvalue weighted by atomic mass is 10.1. The molecule has 1 aromatic carbocycles. The highest BCUT2D eigenvalue weighted by molar-refractivity contribution is 6.30. The van der Waals surface area contributed by atoms with Crippen molar-refractivity contribution in [2.45, 2.75) is 19.1 Å². The van der Waals surface area contributed by atoms with Gasteiger partial charge in [-0.15, -0.1) is 0 Å². The zero-order valence-electron chi connectivity index (χ0n) is 6.55. The van der Waals surface area contributed by atoms with Gasteiger partial charge in [0.1, 0.15) is 11.9 Å². The van der Waals surface area contributed by atoms with Crippen molar-refractivity contribution in [2.75, 3.05) is 0 Å². The predicted molar refractivity (Wildman–Crippen MR) is 44.7 cm³/mol. The highest BCUT2D eigenvalue weighted by Gasteiger charge is 2.35. The van der Waals surface area contributed by atoms with Crippen LogP contribution in [0.4, 0.5) is 4.39 Å². The van der Waals surface area contributed by atoms with E-state index in [-0.39, 0.29) is 23.0 Å². The Morgan fingerprint density at radius 3 is 2.67 bits per heavy atom. The molecule has 0 amide bonds. The third-order valence-corrected chi connectivity index (χ3v) is 2.27. The van der Waals surface area contributed by atoms with Crippen LogP contribution in [0, 0.1) is 5.82 Å². The van der Waals surface area contributed by atoms with Gasteiger partial charge < -0.3 is 4.74 Å². The van der Waals surface area contributed by atoms with Crippen molar-refractivity contribution in [3.63, 3.8) is 0 Å². The standard InChI is InChI=1S/C9H8ClFO/c1-5-9(12-5)6-2-3-8(11)7(10)4-6/h2-5,9H,1H3. The Balaban J connectivity index is 2.29. The van der Waals surface area contributed by atoms with Gasteiger partial charge in [-0.05, 0) is 24.6 Å². The Bertz CT molecular complexity index is 313. The zero-order chi connectivity index (χ0) is 8.72. The van der Waals surface area contributed by atoms with E-state index in [4.69, 9.17) is 16.3 Å². The van der Waals surface area contributed by atoms with Gasteiger partial charge in [-0.25, -0.2) is 4.39 Å². The average molecular weight is 187 g/mol. The molecule has 0 spiro atoms. The second kappa shape index (κ2) is 2.71. The van der Waals surface area contributed by atoms with E-state index in [2.05, 4.69) is 0 Å². The number of rotatable bonds is 1. The molecule has 1 aliphatic heterocycles. The topological polar surface area (TPSA) is 12.5 Å². The summed E-state index contributed by atoms with van der Waals surface area (Å²) in [5.41, 5.74) is 0.953. The molecule has 0 saturated carbocycles. The van der Waals surface area contributed by atoms with Gasteiger partial charge >= 0.3 is 0 Å². The molecule has 1 fully saturated rings. The fraction of sp³-hybridized carbons (Fsp3) is 0.333. The third-order valence-electron chi connectivity index (χ3n) is 1.98. The van der Waals surface area contributed by atoms with Gasteiger partial charge in [0.15, 0.2) is 0 Å². The zero-order valence-corrected chi connectivity index (χ0v) is 7.31. The third kappa shape index (κ3) is 1.32. The second-order valence-corrected chi connectivity index (χ2v) is 3.34. The van der Waals surface area contributed by atoms with Crippen molar-refractivity contribution in [3.05, 3.63) is 34.6 Å². The second-order valence-electron chi connectivity index (χ2n) is 2.94. The van der Waals surface area contributed by atoms with E-state index in [0.717, 1.165) is 5.56 Å². The largest absolute Gasteiger partial charge is 0.365 e. The molecule has 0 bridgehead atoms. The molecule has 0 aromatic heterocycles. The maximum Gasteiger partial charge on any atom is 0.141 e. The molecule has 1 heterocycles. The van der Waals surface area contributed by atoms with Crippen LogP contribution in [0.1, 0.15) is 18.6 Å². The molecule has 64 valence electrons. The van der Waals surface area contributed by atoms with Crippen LogP contribution in [-0.4, -0.2) is 6.10 Å². The fourth-order valence-corrected chi connectivity index (χ4v) is 1.41. The predicted octanol–water partition coefficient (Wildman–Crippen LogP) is 2.94. The van der Waals surface area contributed by atoms with E-state index in [1.165, 1.54) is 6.07 Å². The quantitative estimate of drug-likeness (QED) is 0.615. The summed E-state index contributed by atoms with van der Waals surface area (Å²) in [4.78, 5) is 0. The van der Waals surface area contributed by atoms with Crippen LogP contribution >= 0.6 is 11.6 Å².